The molecule has 1 aromatic rings. The van der Waals surface area contributed by atoms with Gasteiger partial charge in [0.05, 0.1) is 0 Å². The predicted molar refractivity (Wildman–Crippen MR) is 82.8 cm³/mol. The maximum absolute atomic E-state index is 11.4. The zero-order valence-electron chi connectivity index (χ0n) is 12.6. The summed E-state index contributed by atoms with van der Waals surface area (Å²) in [5.74, 6) is -0.811. The first-order valence-corrected chi connectivity index (χ1v) is 7.69. The summed E-state index contributed by atoms with van der Waals surface area (Å²) < 4.78 is 0. The van der Waals surface area contributed by atoms with Crippen LogP contribution in [-0.4, -0.2) is 17.1 Å². The van der Waals surface area contributed by atoms with E-state index in [1.165, 1.54) is 25.7 Å². The van der Waals surface area contributed by atoms with Crippen LogP contribution in [0.5, 0.6) is 0 Å². The van der Waals surface area contributed by atoms with Crippen molar-refractivity contribution in [1.29, 1.82) is 0 Å². The lowest BCUT2D eigenvalue weighted by Gasteiger charge is -2.20. The molecule has 3 nitrogen and oxygen atoms in total. The van der Waals surface area contributed by atoms with E-state index in [0.29, 0.717) is 0 Å². The molecule has 0 saturated heterocycles. The molecule has 0 heterocycles. The Kier molecular flexibility index (Phi) is 7.97. The van der Waals surface area contributed by atoms with Crippen LogP contribution < -0.4 is 5.32 Å². The van der Waals surface area contributed by atoms with E-state index in [2.05, 4.69) is 19.2 Å². The molecule has 0 aliphatic heterocycles. The largest absolute Gasteiger partial charge is 0.480 e. The van der Waals surface area contributed by atoms with E-state index in [9.17, 15) is 9.90 Å². The highest BCUT2D eigenvalue weighted by atomic mass is 16.4. The normalized spacial score (nSPS) is 13.9. The molecule has 0 aliphatic rings. The second-order valence-electron chi connectivity index (χ2n) is 5.45. The lowest BCUT2D eigenvalue weighted by Crippen LogP contribution is -2.35. The second kappa shape index (κ2) is 9.54. The number of aliphatic carboxylic acids is 1. The number of nitrogens with one attached hydrogen (secondary N) is 1. The number of carboxylic acids is 1. The van der Waals surface area contributed by atoms with Crippen LogP contribution in [0.4, 0.5) is 0 Å². The van der Waals surface area contributed by atoms with Crippen LogP contribution in [-0.2, 0) is 4.79 Å². The van der Waals surface area contributed by atoms with Crippen LogP contribution in [0.3, 0.4) is 0 Å². The van der Waals surface area contributed by atoms with Gasteiger partial charge in [-0.15, -0.1) is 0 Å². The van der Waals surface area contributed by atoms with Gasteiger partial charge in [-0.05, 0) is 18.9 Å². The maximum atomic E-state index is 11.4. The summed E-state index contributed by atoms with van der Waals surface area (Å²) >= 11 is 0. The van der Waals surface area contributed by atoms with Gasteiger partial charge in [0.1, 0.15) is 6.04 Å². The molecule has 0 bridgehead atoms. The molecule has 0 amide bonds. The lowest BCUT2D eigenvalue weighted by molar-refractivity contribution is -0.139. The third-order valence-corrected chi connectivity index (χ3v) is 3.57. The Hall–Kier alpha value is -1.35. The highest BCUT2D eigenvalue weighted by Gasteiger charge is 2.20. The molecule has 2 unspecified atom stereocenters. The molecule has 2 N–H and O–H groups in total. The van der Waals surface area contributed by atoms with E-state index in [1.54, 1.807) is 0 Å². The van der Waals surface area contributed by atoms with E-state index in [1.807, 2.05) is 30.3 Å². The summed E-state index contributed by atoms with van der Waals surface area (Å²) in [6, 6.07) is 8.99. The Morgan fingerprint density at radius 2 is 1.80 bits per heavy atom. The van der Waals surface area contributed by atoms with Gasteiger partial charge in [0, 0.05) is 6.04 Å². The first kappa shape index (κ1) is 16.7. The average molecular weight is 277 g/mol. The highest BCUT2D eigenvalue weighted by molar-refractivity contribution is 5.75. The smallest absolute Gasteiger partial charge is 0.325 e. The minimum Gasteiger partial charge on any atom is -0.480 e. The van der Waals surface area contributed by atoms with Crippen molar-refractivity contribution in [3.63, 3.8) is 0 Å². The quantitative estimate of drug-likeness (QED) is 0.632. The Labute approximate surface area is 122 Å². The Balaban J connectivity index is 2.40. The summed E-state index contributed by atoms with van der Waals surface area (Å²) in [6.45, 7) is 4.28. The first-order chi connectivity index (χ1) is 9.65. The number of hydrogen-bond acceptors (Lipinski definition) is 2. The third-order valence-electron chi connectivity index (χ3n) is 3.57. The molecule has 0 fully saturated rings. The number of carboxylic acid groups (broad SMARTS) is 1. The van der Waals surface area contributed by atoms with Crippen molar-refractivity contribution in [2.75, 3.05) is 0 Å². The standard InChI is InChI=1S/C17H27NO2/c1-3-4-5-6-8-11-14(2)18-16(17(19)20)15-12-9-7-10-13-15/h7,9-10,12-14,16,18H,3-6,8,11H2,1-2H3,(H,19,20). The van der Waals surface area contributed by atoms with Crippen LogP contribution in [0.15, 0.2) is 30.3 Å². The SMILES string of the molecule is CCCCCCCC(C)NC(C(=O)O)c1ccccc1. The molecule has 112 valence electrons. The predicted octanol–water partition coefficient (Wildman–Crippen LogP) is 4.15. The Bertz CT molecular complexity index is 378. The summed E-state index contributed by atoms with van der Waals surface area (Å²) in [5, 5.41) is 12.6. The van der Waals surface area contributed by atoms with E-state index in [0.717, 1.165) is 18.4 Å². The summed E-state index contributed by atoms with van der Waals surface area (Å²) in [4.78, 5) is 11.4. The molecular weight excluding hydrogens is 250 g/mol. The number of rotatable bonds is 10. The number of hydrogen-bond donors (Lipinski definition) is 2. The maximum Gasteiger partial charge on any atom is 0.325 e. The van der Waals surface area contributed by atoms with Crippen LogP contribution in [0.2, 0.25) is 0 Å². The van der Waals surface area contributed by atoms with E-state index >= 15 is 0 Å². The molecule has 0 aromatic heterocycles. The fourth-order valence-corrected chi connectivity index (χ4v) is 2.38. The Morgan fingerprint density at radius 3 is 2.40 bits per heavy atom. The molecule has 20 heavy (non-hydrogen) atoms. The summed E-state index contributed by atoms with van der Waals surface area (Å²) in [6.07, 6.45) is 7.26. The first-order valence-electron chi connectivity index (χ1n) is 7.69. The molecule has 0 spiro atoms. The van der Waals surface area contributed by atoms with Gasteiger partial charge in [-0.3, -0.25) is 10.1 Å². The Morgan fingerprint density at radius 1 is 1.15 bits per heavy atom. The van der Waals surface area contributed by atoms with E-state index in [4.69, 9.17) is 0 Å². The van der Waals surface area contributed by atoms with Gasteiger partial charge in [0.2, 0.25) is 0 Å². The van der Waals surface area contributed by atoms with Crippen LogP contribution in [0.25, 0.3) is 0 Å². The number of benzene rings is 1. The topological polar surface area (TPSA) is 49.3 Å². The molecule has 2 atom stereocenters. The molecule has 1 rings (SSSR count). The molecule has 0 saturated carbocycles. The van der Waals surface area contributed by atoms with Crippen LogP contribution >= 0.6 is 0 Å². The fourth-order valence-electron chi connectivity index (χ4n) is 2.38. The summed E-state index contributed by atoms with van der Waals surface area (Å²) in [5.41, 5.74) is 0.817. The van der Waals surface area contributed by atoms with Crippen molar-refractivity contribution >= 4 is 5.97 Å². The van der Waals surface area contributed by atoms with Crippen molar-refractivity contribution in [2.24, 2.45) is 0 Å². The van der Waals surface area contributed by atoms with Gasteiger partial charge in [0.25, 0.3) is 0 Å². The average Bonchev–Trinajstić information content (AvgIpc) is 2.45. The van der Waals surface area contributed by atoms with Crippen molar-refractivity contribution in [3.05, 3.63) is 35.9 Å². The van der Waals surface area contributed by atoms with Crippen molar-refractivity contribution in [1.82, 2.24) is 5.32 Å². The van der Waals surface area contributed by atoms with Crippen molar-refractivity contribution in [2.45, 2.75) is 64.5 Å². The van der Waals surface area contributed by atoms with Gasteiger partial charge >= 0.3 is 5.97 Å². The van der Waals surface area contributed by atoms with Gasteiger partial charge in [-0.2, -0.15) is 0 Å². The lowest BCUT2D eigenvalue weighted by atomic mass is 10.0. The third kappa shape index (κ3) is 6.20. The van der Waals surface area contributed by atoms with Gasteiger partial charge < -0.3 is 5.11 Å². The molecule has 0 aliphatic carbocycles. The summed E-state index contributed by atoms with van der Waals surface area (Å²) in [7, 11) is 0. The molecule has 1 aromatic carbocycles. The van der Waals surface area contributed by atoms with Gasteiger partial charge in [-0.1, -0.05) is 69.4 Å². The van der Waals surface area contributed by atoms with Gasteiger partial charge in [0.15, 0.2) is 0 Å². The van der Waals surface area contributed by atoms with Crippen molar-refractivity contribution in [3.8, 4) is 0 Å². The number of carbonyl (C=O) groups is 1. The minimum atomic E-state index is -0.811. The fraction of sp³-hybridized carbons (Fsp3) is 0.588. The van der Waals surface area contributed by atoms with Crippen molar-refractivity contribution < 1.29 is 9.90 Å². The minimum absolute atomic E-state index is 0.220. The molecule has 3 heteroatoms. The highest BCUT2D eigenvalue weighted by Crippen LogP contribution is 2.15. The number of unbranched alkanes of at least 4 members (excludes halogenated alkanes) is 4. The second-order valence-corrected chi connectivity index (χ2v) is 5.45. The zero-order valence-corrected chi connectivity index (χ0v) is 12.6. The molecular formula is C17H27NO2. The van der Waals surface area contributed by atoms with Crippen LogP contribution in [0.1, 0.15) is 64.0 Å². The van der Waals surface area contributed by atoms with E-state index < -0.39 is 12.0 Å². The zero-order chi connectivity index (χ0) is 14.8. The molecule has 0 radical (unpaired) electrons. The van der Waals surface area contributed by atoms with Crippen LogP contribution in [0, 0.1) is 0 Å². The van der Waals surface area contributed by atoms with E-state index in [-0.39, 0.29) is 6.04 Å². The monoisotopic (exact) mass is 277 g/mol. The van der Waals surface area contributed by atoms with Gasteiger partial charge in [-0.25, -0.2) is 0 Å².